The van der Waals surface area contributed by atoms with Crippen molar-refractivity contribution >= 4 is 0 Å². The predicted molar refractivity (Wildman–Crippen MR) is 115 cm³/mol. The van der Waals surface area contributed by atoms with Crippen molar-refractivity contribution in [3.8, 4) is 11.5 Å². The van der Waals surface area contributed by atoms with Crippen LogP contribution >= 0.6 is 0 Å². The van der Waals surface area contributed by atoms with Crippen LogP contribution in [0.2, 0.25) is 0 Å². The first-order valence-electron chi connectivity index (χ1n) is 9.75. The zero-order valence-electron chi connectivity index (χ0n) is 16.9. The van der Waals surface area contributed by atoms with E-state index in [0.29, 0.717) is 12.0 Å². The SMILES string of the molecule is COc1ccc(C(C[C@H](C)NCc2ccccc2)c2ccc(OC)cc2)cc1. The molecule has 0 aliphatic heterocycles. The fourth-order valence-corrected chi connectivity index (χ4v) is 3.46. The molecule has 28 heavy (non-hydrogen) atoms. The van der Waals surface area contributed by atoms with Crippen molar-refractivity contribution in [2.75, 3.05) is 14.2 Å². The van der Waals surface area contributed by atoms with Crippen LogP contribution in [0.5, 0.6) is 11.5 Å². The minimum Gasteiger partial charge on any atom is -0.497 e. The first-order valence-corrected chi connectivity index (χ1v) is 9.75. The average Bonchev–Trinajstić information content (AvgIpc) is 2.77. The lowest BCUT2D eigenvalue weighted by Gasteiger charge is -2.23. The van der Waals surface area contributed by atoms with Crippen LogP contribution < -0.4 is 14.8 Å². The lowest BCUT2D eigenvalue weighted by Crippen LogP contribution is -2.27. The molecular weight excluding hydrogens is 346 g/mol. The second-order valence-electron chi connectivity index (χ2n) is 7.10. The molecule has 3 heteroatoms. The molecule has 3 nitrogen and oxygen atoms in total. The lowest BCUT2D eigenvalue weighted by molar-refractivity contribution is 0.414. The van der Waals surface area contributed by atoms with Crippen LogP contribution in [0.25, 0.3) is 0 Å². The molecule has 0 bridgehead atoms. The van der Waals surface area contributed by atoms with Crippen molar-refractivity contribution < 1.29 is 9.47 Å². The third-order valence-corrected chi connectivity index (χ3v) is 5.12. The Hall–Kier alpha value is -2.78. The maximum absolute atomic E-state index is 5.32. The second kappa shape index (κ2) is 9.95. The van der Waals surface area contributed by atoms with Crippen LogP contribution in [0, 0.1) is 0 Å². The molecule has 3 rings (SSSR count). The Morgan fingerprint density at radius 1 is 0.714 bits per heavy atom. The fraction of sp³-hybridized carbons (Fsp3) is 0.280. The number of methoxy groups -OCH3 is 2. The van der Waals surface area contributed by atoms with Crippen molar-refractivity contribution in [2.45, 2.75) is 31.8 Å². The van der Waals surface area contributed by atoms with E-state index in [4.69, 9.17) is 9.47 Å². The topological polar surface area (TPSA) is 30.5 Å². The molecule has 0 radical (unpaired) electrons. The van der Waals surface area contributed by atoms with Crippen LogP contribution in [0.4, 0.5) is 0 Å². The Morgan fingerprint density at radius 2 is 1.21 bits per heavy atom. The first-order chi connectivity index (χ1) is 13.7. The fourth-order valence-electron chi connectivity index (χ4n) is 3.46. The largest absolute Gasteiger partial charge is 0.497 e. The van der Waals surface area contributed by atoms with Gasteiger partial charge in [-0.2, -0.15) is 0 Å². The van der Waals surface area contributed by atoms with Crippen LogP contribution in [-0.2, 0) is 6.54 Å². The van der Waals surface area contributed by atoms with E-state index in [1.54, 1.807) is 14.2 Å². The Labute approximate surface area is 168 Å². The summed E-state index contributed by atoms with van der Waals surface area (Å²) in [5.74, 6) is 2.06. The normalized spacial score (nSPS) is 12.0. The molecule has 1 N–H and O–H groups in total. The van der Waals surface area contributed by atoms with Gasteiger partial charge in [0.25, 0.3) is 0 Å². The van der Waals surface area contributed by atoms with E-state index >= 15 is 0 Å². The summed E-state index contributed by atoms with van der Waals surface area (Å²) in [6, 6.07) is 27.7. The molecule has 0 fully saturated rings. The van der Waals surface area contributed by atoms with E-state index in [-0.39, 0.29) is 0 Å². The lowest BCUT2D eigenvalue weighted by atomic mass is 9.86. The zero-order valence-corrected chi connectivity index (χ0v) is 16.9. The average molecular weight is 376 g/mol. The maximum atomic E-state index is 5.32. The highest BCUT2D eigenvalue weighted by molar-refractivity contribution is 5.38. The standard InChI is InChI=1S/C25H29NO2/c1-19(26-18-20-7-5-4-6-8-20)17-25(21-9-13-23(27-2)14-10-21)22-11-15-24(28-3)16-12-22/h4-16,19,25-26H,17-18H2,1-3H3/t19-/m0/s1. The van der Waals surface area contributed by atoms with Gasteiger partial charge < -0.3 is 14.8 Å². The van der Waals surface area contributed by atoms with Crippen molar-refractivity contribution in [1.82, 2.24) is 5.32 Å². The molecule has 146 valence electrons. The second-order valence-corrected chi connectivity index (χ2v) is 7.10. The van der Waals surface area contributed by atoms with Gasteiger partial charge in [0.1, 0.15) is 11.5 Å². The highest BCUT2D eigenvalue weighted by Crippen LogP contribution is 2.31. The summed E-state index contributed by atoms with van der Waals surface area (Å²) in [4.78, 5) is 0. The maximum Gasteiger partial charge on any atom is 0.118 e. The number of rotatable bonds is 9. The van der Waals surface area contributed by atoms with Crippen LogP contribution in [0.15, 0.2) is 78.9 Å². The Morgan fingerprint density at radius 3 is 1.68 bits per heavy atom. The summed E-state index contributed by atoms with van der Waals surface area (Å²) in [5, 5.41) is 3.66. The van der Waals surface area contributed by atoms with Gasteiger partial charge in [0.15, 0.2) is 0 Å². The van der Waals surface area contributed by atoms with Crippen LogP contribution in [0.1, 0.15) is 36.0 Å². The predicted octanol–water partition coefficient (Wildman–Crippen LogP) is 5.40. The van der Waals surface area contributed by atoms with Gasteiger partial charge in [-0.25, -0.2) is 0 Å². The molecular formula is C25H29NO2. The highest BCUT2D eigenvalue weighted by atomic mass is 16.5. The first kappa shape index (κ1) is 20.0. The van der Waals surface area contributed by atoms with Gasteiger partial charge in [-0.3, -0.25) is 0 Å². The molecule has 0 aliphatic rings. The summed E-state index contributed by atoms with van der Waals surface area (Å²) in [5.41, 5.74) is 3.89. The van der Waals surface area contributed by atoms with E-state index in [1.807, 2.05) is 24.3 Å². The number of nitrogens with one attached hydrogen (secondary N) is 1. The molecule has 0 amide bonds. The van der Waals surface area contributed by atoms with Crippen LogP contribution in [0.3, 0.4) is 0 Å². The summed E-state index contributed by atoms with van der Waals surface area (Å²) in [7, 11) is 3.40. The van der Waals surface area contributed by atoms with Crippen molar-refractivity contribution in [3.63, 3.8) is 0 Å². The van der Waals surface area contributed by atoms with E-state index in [9.17, 15) is 0 Å². The van der Waals surface area contributed by atoms with Crippen molar-refractivity contribution in [1.29, 1.82) is 0 Å². The zero-order chi connectivity index (χ0) is 19.8. The molecule has 0 unspecified atom stereocenters. The molecule has 0 saturated heterocycles. The molecule has 0 heterocycles. The molecule has 0 saturated carbocycles. The number of ether oxygens (including phenoxy) is 2. The third kappa shape index (κ3) is 5.37. The van der Waals surface area contributed by atoms with E-state index in [0.717, 1.165) is 24.5 Å². The molecule has 3 aromatic rings. The van der Waals surface area contributed by atoms with Crippen LogP contribution in [-0.4, -0.2) is 20.3 Å². The summed E-state index contributed by atoms with van der Waals surface area (Å²) >= 11 is 0. The van der Waals surface area contributed by atoms with Gasteiger partial charge >= 0.3 is 0 Å². The van der Waals surface area contributed by atoms with E-state index in [1.165, 1.54) is 16.7 Å². The van der Waals surface area contributed by atoms with Gasteiger partial charge in [0.05, 0.1) is 14.2 Å². The number of hydrogen-bond acceptors (Lipinski definition) is 3. The molecule has 1 atom stereocenters. The Balaban J connectivity index is 1.76. The quantitative estimate of drug-likeness (QED) is 0.543. The Kier molecular flexibility index (Phi) is 7.10. The van der Waals surface area contributed by atoms with Gasteiger partial charge in [-0.1, -0.05) is 54.6 Å². The van der Waals surface area contributed by atoms with Crippen molar-refractivity contribution in [3.05, 3.63) is 95.6 Å². The van der Waals surface area contributed by atoms with E-state index in [2.05, 4.69) is 66.8 Å². The number of benzene rings is 3. The third-order valence-electron chi connectivity index (χ3n) is 5.12. The molecule has 0 aromatic heterocycles. The van der Waals surface area contributed by atoms with Gasteiger partial charge in [0.2, 0.25) is 0 Å². The van der Waals surface area contributed by atoms with Crippen molar-refractivity contribution in [2.24, 2.45) is 0 Å². The van der Waals surface area contributed by atoms with Gasteiger partial charge in [-0.05, 0) is 54.3 Å². The highest BCUT2D eigenvalue weighted by Gasteiger charge is 2.18. The van der Waals surface area contributed by atoms with Gasteiger partial charge in [0, 0.05) is 18.5 Å². The molecule has 0 spiro atoms. The minimum atomic E-state index is 0.301. The van der Waals surface area contributed by atoms with Gasteiger partial charge in [-0.15, -0.1) is 0 Å². The van der Waals surface area contributed by atoms with E-state index < -0.39 is 0 Å². The monoisotopic (exact) mass is 375 g/mol. The summed E-state index contributed by atoms with van der Waals surface area (Å²) in [6.07, 6.45) is 1.01. The minimum absolute atomic E-state index is 0.301. The Bertz CT molecular complexity index is 781. The summed E-state index contributed by atoms with van der Waals surface area (Å²) in [6.45, 7) is 3.13. The summed E-state index contributed by atoms with van der Waals surface area (Å²) < 4.78 is 10.6. The number of hydrogen-bond donors (Lipinski definition) is 1. The molecule has 3 aromatic carbocycles. The smallest absolute Gasteiger partial charge is 0.118 e. The molecule has 0 aliphatic carbocycles.